The molecule has 0 aliphatic carbocycles. The summed E-state index contributed by atoms with van der Waals surface area (Å²) >= 11 is 0. The number of hydrogen-bond donors (Lipinski definition) is 2. The summed E-state index contributed by atoms with van der Waals surface area (Å²) in [4.78, 5) is 4.58. The van der Waals surface area contributed by atoms with Gasteiger partial charge in [-0.15, -0.1) is 0 Å². The Morgan fingerprint density at radius 3 is 2.75 bits per heavy atom. The summed E-state index contributed by atoms with van der Waals surface area (Å²) in [5, 5.41) is 7.37. The first-order valence-corrected chi connectivity index (χ1v) is 7.17. The number of fused-ring (bicyclic) bond motifs is 2. The van der Waals surface area contributed by atoms with Crippen LogP contribution in [0.4, 0.5) is 10.1 Å². The van der Waals surface area contributed by atoms with Gasteiger partial charge in [0.2, 0.25) is 0 Å². The molecule has 4 nitrogen and oxygen atoms in total. The van der Waals surface area contributed by atoms with Gasteiger partial charge in [-0.1, -0.05) is 0 Å². The Balaban J connectivity index is 1.84. The van der Waals surface area contributed by atoms with Crippen molar-refractivity contribution in [3.05, 3.63) is 29.6 Å². The highest BCUT2D eigenvalue weighted by Crippen LogP contribution is 2.31. The third-order valence-electron chi connectivity index (χ3n) is 4.75. The first-order valence-electron chi connectivity index (χ1n) is 7.17. The standard InChI is InChI=1S/C15H21FN4/c1-19-11-3-4-12(19)9-20(7-6-11)14-5-2-10(15(17)18)8-13(14)16/h2,5,8,11-12H,3-4,6-7,9H2,1H3,(H3,17,18). The van der Waals surface area contributed by atoms with Crippen molar-refractivity contribution in [1.82, 2.24) is 4.90 Å². The van der Waals surface area contributed by atoms with E-state index in [1.54, 1.807) is 12.1 Å². The Kier molecular flexibility index (Phi) is 3.38. The van der Waals surface area contributed by atoms with E-state index in [9.17, 15) is 4.39 Å². The fourth-order valence-electron chi connectivity index (χ4n) is 3.46. The van der Waals surface area contributed by atoms with Crippen molar-refractivity contribution in [2.24, 2.45) is 5.73 Å². The second-order valence-corrected chi connectivity index (χ2v) is 5.87. The molecular formula is C15H21FN4. The molecule has 108 valence electrons. The van der Waals surface area contributed by atoms with Gasteiger partial charge in [0.05, 0.1) is 5.69 Å². The number of anilines is 1. The minimum Gasteiger partial charge on any atom is -0.384 e. The molecule has 1 aromatic carbocycles. The quantitative estimate of drug-likeness (QED) is 0.639. The second kappa shape index (κ2) is 5.05. The molecule has 2 heterocycles. The molecule has 2 unspecified atom stereocenters. The summed E-state index contributed by atoms with van der Waals surface area (Å²) in [5.74, 6) is -0.372. The van der Waals surface area contributed by atoms with Crippen LogP contribution in [-0.4, -0.2) is 43.0 Å². The molecule has 20 heavy (non-hydrogen) atoms. The Labute approximate surface area is 118 Å². The van der Waals surface area contributed by atoms with E-state index in [-0.39, 0.29) is 11.7 Å². The molecule has 0 amide bonds. The molecule has 1 aromatic rings. The summed E-state index contributed by atoms with van der Waals surface area (Å²) in [5.41, 5.74) is 6.48. The second-order valence-electron chi connectivity index (χ2n) is 5.87. The predicted octanol–water partition coefficient (Wildman–Crippen LogP) is 1.78. The molecule has 0 spiro atoms. The molecule has 0 aromatic heterocycles. The number of nitrogens with one attached hydrogen (secondary N) is 1. The fraction of sp³-hybridized carbons (Fsp3) is 0.533. The van der Waals surface area contributed by atoms with Gasteiger partial charge < -0.3 is 10.6 Å². The summed E-state index contributed by atoms with van der Waals surface area (Å²) < 4.78 is 14.3. The summed E-state index contributed by atoms with van der Waals surface area (Å²) in [6, 6.07) is 6.02. The molecule has 2 saturated heterocycles. The summed E-state index contributed by atoms with van der Waals surface area (Å²) in [7, 11) is 2.18. The highest BCUT2D eigenvalue weighted by Gasteiger charge is 2.35. The number of halogens is 1. The SMILES string of the molecule is CN1C2CCC1CN(c1ccc(C(=N)N)cc1F)CC2. The molecular weight excluding hydrogens is 255 g/mol. The van der Waals surface area contributed by atoms with Crippen molar-refractivity contribution in [1.29, 1.82) is 5.41 Å². The van der Waals surface area contributed by atoms with Gasteiger partial charge in [-0.25, -0.2) is 4.39 Å². The lowest BCUT2D eigenvalue weighted by atomic mass is 10.1. The van der Waals surface area contributed by atoms with Crippen LogP contribution in [0.1, 0.15) is 24.8 Å². The number of rotatable bonds is 2. The van der Waals surface area contributed by atoms with E-state index >= 15 is 0 Å². The van der Waals surface area contributed by atoms with Crippen molar-refractivity contribution in [3.8, 4) is 0 Å². The van der Waals surface area contributed by atoms with Gasteiger partial charge in [0.15, 0.2) is 0 Å². The van der Waals surface area contributed by atoms with Gasteiger partial charge in [-0.3, -0.25) is 10.3 Å². The number of nitrogens with two attached hydrogens (primary N) is 1. The molecule has 2 aliphatic rings. The number of hydrogen-bond acceptors (Lipinski definition) is 3. The third-order valence-corrected chi connectivity index (χ3v) is 4.75. The third kappa shape index (κ3) is 2.26. The summed E-state index contributed by atoms with van der Waals surface area (Å²) in [6.07, 6.45) is 3.55. The van der Waals surface area contributed by atoms with Crippen LogP contribution in [0.25, 0.3) is 0 Å². The number of amidine groups is 1. The van der Waals surface area contributed by atoms with Gasteiger partial charge in [0.25, 0.3) is 0 Å². The van der Waals surface area contributed by atoms with Gasteiger partial charge >= 0.3 is 0 Å². The molecule has 2 bridgehead atoms. The van der Waals surface area contributed by atoms with Crippen molar-refractivity contribution in [3.63, 3.8) is 0 Å². The van der Waals surface area contributed by atoms with Crippen LogP contribution in [0, 0.1) is 11.2 Å². The normalized spacial score (nSPS) is 26.6. The van der Waals surface area contributed by atoms with E-state index in [4.69, 9.17) is 11.1 Å². The first-order chi connectivity index (χ1) is 9.56. The largest absolute Gasteiger partial charge is 0.384 e. The number of nitrogen functional groups attached to an aromatic ring is 1. The number of likely N-dealkylation sites (N-methyl/N-ethyl adjacent to an activating group) is 1. The molecule has 2 aliphatic heterocycles. The molecule has 0 radical (unpaired) electrons. The van der Waals surface area contributed by atoms with Crippen molar-refractivity contribution >= 4 is 11.5 Å². The lowest BCUT2D eigenvalue weighted by Gasteiger charge is -2.28. The van der Waals surface area contributed by atoms with Crippen LogP contribution in [0.3, 0.4) is 0 Å². The Morgan fingerprint density at radius 1 is 1.30 bits per heavy atom. The van der Waals surface area contributed by atoms with Crippen LogP contribution in [0.15, 0.2) is 18.2 Å². The molecule has 2 fully saturated rings. The number of benzene rings is 1. The van der Waals surface area contributed by atoms with Gasteiger partial charge in [0.1, 0.15) is 11.7 Å². The molecule has 2 atom stereocenters. The summed E-state index contributed by atoms with van der Waals surface area (Å²) in [6.45, 7) is 1.77. The zero-order valence-corrected chi connectivity index (χ0v) is 11.8. The predicted molar refractivity (Wildman–Crippen MR) is 78.8 cm³/mol. The van der Waals surface area contributed by atoms with E-state index in [2.05, 4.69) is 16.8 Å². The Hall–Kier alpha value is -1.62. The maximum Gasteiger partial charge on any atom is 0.147 e. The average molecular weight is 276 g/mol. The first kappa shape index (κ1) is 13.4. The van der Waals surface area contributed by atoms with E-state index in [0.29, 0.717) is 23.3 Å². The maximum absolute atomic E-state index is 14.3. The van der Waals surface area contributed by atoms with Crippen LogP contribution >= 0.6 is 0 Å². The Morgan fingerprint density at radius 2 is 2.05 bits per heavy atom. The van der Waals surface area contributed by atoms with Gasteiger partial charge in [-0.05, 0) is 44.5 Å². The van der Waals surface area contributed by atoms with Crippen LogP contribution in [0.5, 0.6) is 0 Å². The highest BCUT2D eigenvalue weighted by atomic mass is 19.1. The molecule has 5 heteroatoms. The maximum atomic E-state index is 14.3. The topological polar surface area (TPSA) is 56.4 Å². The minimum atomic E-state index is -0.280. The molecule has 3 N–H and O–H groups in total. The van der Waals surface area contributed by atoms with Crippen molar-refractivity contribution in [2.75, 3.05) is 25.0 Å². The zero-order chi connectivity index (χ0) is 14.3. The van der Waals surface area contributed by atoms with Crippen LogP contribution in [0.2, 0.25) is 0 Å². The van der Waals surface area contributed by atoms with Gasteiger partial charge in [-0.2, -0.15) is 0 Å². The van der Waals surface area contributed by atoms with Crippen LogP contribution in [-0.2, 0) is 0 Å². The average Bonchev–Trinajstić information content (AvgIpc) is 2.64. The van der Waals surface area contributed by atoms with E-state index < -0.39 is 0 Å². The lowest BCUT2D eigenvalue weighted by molar-refractivity contribution is 0.254. The smallest absolute Gasteiger partial charge is 0.147 e. The number of nitrogens with zero attached hydrogens (tertiary/aromatic N) is 2. The van der Waals surface area contributed by atoms with Gasteiger partial charge in [0, 0.05) is 30.7 Å². The van der Waals surface area contributed by atoms with Crippen molar-refractivity contribution < 1.29 is 4.39 Å². The van der Waals surface area contributed by atoms with E-state index in [0.717, 1.165) is 19.5 Å². The van der Waals surface area contributed by atoms with E-state index in [1.165, 1.54) is 18.9 Å². The Bertz CT molecular complexity index is 531. The molecule has 3 rings (SSSR count). The van der Waals surface area contributed by atoms with Crippen LogP contribution < -0.4 is 10.6 Å². The monoisotopic (exact) mass is 276 g/mol. The zero-order valence-electron chi connectivity index (χ0n) is 11.8. The lowest BCUT2D eigenvalue weighted by Crippen LogP contribution is -2.37. The van der Waals surface area contributed by atoms with E-state index in [1.807, 2.05) is 0 Å². The fourth-order valence-corrected chi connectivity index (χ4v) is 3.46. The highest BCUT2D eigenvalue weighted by molar-refractivity contribution is 5.95. The van der Waals surface area contributed by atoms with Crippen molar-refractivity contribution in [2.45, 2.75) is 31.3 Å². The minimum absolute atomic E-state index is 0.0925. The molecule has 0 saturated carbocycles.